The average molecular weight is 413 g/mol. The van der Waals surface area contributed by atoms with Crippen molar-refractivity contribution >= 4 is 34.2 Å². The van der Waals surface area contributed by atoms with E-state index < -0.39 is 11.7 Å². The van der Waals surface area contributed by atoms with Crippen molar-refractivity contribution in [1.29, 1.82) is 0 Å². The maximum atomic E-state index is 13.6. The van der Waals surface area contributed by atoms with E-state index >= 15 is 0 Å². The molecule has 29 heavy (non-hydrogen) atoms. The van der Waals surface area contributed by atoms with Gasteiger partial charge in [0.1, 0.15) is 10.7 Å². The monoisotopic (exact) mass is 413 g/mol. The van der Waals surface area contributed by atoms with E-state index in [2.05, 4.69) is 14.6 Å². The van der Waals surface area contributed by atoms with Gasteiger partial charge in [-0.2, -0.15) is 0 Å². The van der Waals surface area contributed by atoms with E-state index in [0.717, 1.165) is 24.4 Å². The maximum absolute atomic E-state index is 13.6. The van der Waals surface area contributed by atoms with E-state index in [1.165, 1.54) is 12.1 Å². The third kappa shape index (κ3) is 3.69. The first kappa shape index (κ1) is 19.4. The summed E-state index contributed by atoms with van der Waals surface area (Å²) in [6.07, 6.45) is 2.21. The summed E-state index contributed by atoms with van der Waals surface area (Å²) in [6.45, 7) is 2.99. The van der Waals surface area contributed by atoms with Gasteiger partial charge < -0.3 is 10.6 Å². The van der Waals surface area contributed by atoms with Crippen LogP contribution >= 0.6 is 11.5 Å². The summed E-state index contributed by atoms with van der Waals surface area (Å²) in [6, 6.07) is 5.84. The zero-order chi connectivity index (χ0) is 20.5. The van der Waals surface area contributed by atoms with Crippen molar-refractivity contribution in [2.75, 3.05) is 13.1 Å². The van der Waals surface area contributed by atoms with Crippen LogP contribution in [0.4, 0.5) is 4.39 Å². The van der Waals surface area contributed by atoms with Gasteiger partial charge in [0.15, 0.2) is 0 Å². The van der Waals surface area contributed by atoms with Crippen molar-refractivity contribution in [2.45, 2.75) is 32.1 Å². The molecule has 150 valence electrons. The summed E-state index contributed by atoms with van der Waals surface area (Å²) in [5.41, 5.74) is 7.72. The van der Waals surface area contributed by atoms with Gasteiger partial charge in [0.25, 0.3) is 11.8 Å². The standard InChI is InChI=1S/C20H20FN5O2S/c1-2-15-18(29-25-24-15)20(28)26-7-3-4-11(10-26)17-14(19(22)27)9-12-8-13(21)5-6-16(12)23-17/h5-6,8-9,11H,2-4,7,10H2,1H3,(H2,22,27)/t11-/m1/s1. The summed E-state index contributed by atoms with van der Waals surface area (Å²) in [5, 5.41) is 4.55. The lowest BCUT2D eigenvalue weighted by Gasteiger charge is -2.33. The van der Waals surface area contributed by atoms with Gasteiger partial charge >= 0.3 is 0 Å². The molecule has 1 saturated heterocycles. The summed E-state index contributed by atoms with van der Waals surface area (Å²) >= 11 is 1.11. The number of carbonyl (C=O) groups is 2. The van der Waals surface area contributed by atoms with Gasteiger partial charge in [0.2, 0.25) is 0 Å². The Balaban J connectivity index is 1.68. The van der Waals surface area contributed by atoms with Crippen LogP contribution in [-0.4, -0.2) is 44.4 Å². The largest absolute Gasteiger partial charge is 0.366 e. The quantitative estimate of drug-likeness (QED) is 0.709. The van der Waals surface area contributed by atoms with Crippen LogP contribution in [0.3, 0.4) is 0 Å². The molecule has 2 aromatic heterocycles. The predicted octanol–water partition coefficient (Wildman–Crippen LogP) is 2.91. The molecule has 2 amide bonds. The van der Waals surface area contributed by atoms with Crippen LogP contribution in [0, 0.1) is 5.82 Å². The van der Waals surface area contributed by atoms with Crippen molar-refractivity contribution in [3.05, 3.63) is 51.9 Å². The summed E-state index contributed by atoms with van der Waals surface area (Å²) in [7, 11) is 0. The number of benzene rings is 1. The number of likely N-dealkylation sites (tertiary alicyclic amines) is 1. The van der Waals surface area contributed by atoms with Gasteiger partial charge in [-0.1, -0.05) is 11.4 Å². The van der Waals surface area contributed by atoms with Crippen LogP contribution in [0.5, 0.6) is 0 Å². The van der Waals surface area contributed by atoms with Crippen molar-refractivity contribution in [1.82, 2.24) is 19.5 Å². The van der Waals surface area contributed by atoms with Crippen molar-refractivity contribution in [3.63, 3.8) is 0 Å². The molecule has 1 aliphatic rings. The van der Waals surface area contributed by atoms with Crippen LogP contribution in [-0.2, 0) is 6.42 Å². The van der Waals surface area contributed by atoms with E-state index in [1.807, 2.05) is 6.92 Å². The number of nitrogens with zero attached hydrogens (tertiary/aromatic N) is 4. The number of primary amides is 1. The van der Waals surface area contributed by atoms with Crippen LogP contribution in [0.15, 0.2) is 24.3 Å². The number of hydrogen-bond donors (Lipinski definition) is 1. The highest BCUT2D eigenvalue weighted by molar-refractivity contribution is 7.08. The van der Waals surface area contributed by atoms with Gasteiger partial charge in [0, 0.05) is 24.4 Å². The highest BCUT2D eigenvalue weighted by Crippen LogP contribution is 2.31. The second-order valence-electron chi connectivity index (χ2n) is 7.12. The first-order valence-corrected chi connectivity index (χ1v) is 10.3. The minimum Gasteiger partial charge on any atom is -0.366 e. The molecule has 4 rings (SSSR count). The van der Waals surface area contributed by atoms with Gasteiger partial charge in [-0.25, -0.2) is 4.39 Å². The Bertz CT molecular complexity index is 1100. The number of amides is 2. The predicted molar refractivity (Wildman–Crippen MR) is 107 cm³/mol. The van der Waals surface area contributed by atoms with Crippen molar-refractivity contribution in [2.24, 2.45) is 5.73 Å². The number of halogens is 1. The maximum Gasteiger partial charge on any atom is 0.267 e. The molecule has 1 aliphatic heterocycles. The molecule has 0 aliphatic carbocycles. The number of piperidine rings is 1. The fourth-order valence-electron chi connectivity index (χ4n) is 3.80. The number of carbonyl (C=O) groups excluding carboxylic acids is 2. The lowest BCUT2D eigenvalue weighted by atomic mass is 9.90. The molecule has 3 aromatic rings. The molecular formula is C20H20FN5O2S. The highest BCUT2D eigenvalue weighted by Gasteiger charge is 2.31. The molecule has 0 spiro atoms. The lowest BCUT2D eigenvalue weighted by Crippen LogP contribution is -2.39. The van der Waals surface area contributed by atoms with Gasteiger partial charge in [-0.3, -0.25) is 14.6 Å². The molecule has 0 saturated carbocycles. The van der Waals surface area contributed by atoms with E-state index in [9.17, 15) is 14.0 Å². The van der Waals surface area contributed by atoms with Crippen LogP contribution in [0.2, 0.25) is 0 Å². The third-order valence-corrected chi connectivity index (χ3v) is 6.01. The Morgan fingerprint density at radius 2 is 2.17 bits per heavy atom. The molecule has 0 radical (unpaired) electrons. The number of rotatable bonds is 4. The summed E-state index contributed by atoms with van der Waals surface area (Å²) < 4.78 is 17.5. The minimum absolute atomic E-state index is 0.0926. The van der Waals surface area contributed by atoms with Crippen LogP contribution in [0.25, 0.3) is 10.9 Å². The first-order chi connectivity index (χ1) is 14.0. The van der Waals surface area contributed by atoms with E-state index in [1.54, 1.807) is 17.0 Å². The molecule has 7 nitrogen and oxygen atoms in total. The minimum atomic E-state index is -0.609. The van der Waals surface area contributed by atoms with Crippen LogP contribution in [0.1, 0.15) is 57.1 Å². The highest BCUT2D eigenvalue weighted by atomic mass is 32.1. The molecule has 1 atom stereocenters. The van der Waals surface area contributed by atoms with Gasteiger partial charge in [-0.15, -0.1) is 5.10 Å². The molecule has 3 heterocycles. The summed E-state index contributed by atoms with van der Waals surface area (Å²) in [5.74, 6) is -1.23. The number of aromatic nitrogens is 3. The summed E-state index contributed by atoms with van der Waals surface area (Å²) in [4.78, 5) is 32.0. The zero-order valence-electron chi connectivity index (χ0n) is 15.9. The van der Waals surface area contributed by atoms with Crippen molar-refractivity contribution in [3.8, 4) is 0 Å². The first-order valence-electron chi connectivity index (χ1n) is 9.48. The van der Waals surface area contributed by atoms with Gasteiger partial charge in [-0.05, 0) is 55.1 Å². The second kappa shape index (κ2) is 7.82. The van der Waals surface area contributed by atoms with Crippen LogP contribution < -0.4 is 5.73 Å². The molecule has 9 heteroatoms. The molecule has 2 N–H and O–H groups in total. The smallest absolute Gasteiger partial charge is 0.267 e. The third-order valence-electron chi connectivity index (χ3n) is 5.25. The number of hydrogen-bond acceptors (Lipinski definition) is 6. The Morgan fingerprint density at radius 1 is 1.34 bits per heavy atom. The van der Waals surface area contributed by atoms with Crippen molar-refractivity contribution < 1.29 is 14.0 Å². The molecule has 1 fully saturated rings. The fourth-order valence-corrected chi connectivity index (χ4v) is 4.52. The SMILES string of the molecule is CCc1nnsc1C(=O)N1CCC[C@@H](c2nc3ccc(F)cc3cc2C(N)=O)C1. The fraction of sp³-hybridized carbons (Fsp3) is 0.350. The lowest BCUT2D eigenvalue weighted by molar-refractivity contribution is 0.0709. The molecule has 1 aromatic carbocycles. The Labute approximate surface area is 170 Å². The second-order valence-corrected chi connectivity index (χ2v) is 7.87. The normalized spacial score (nSPS) is 16.9. The number of nitrogens with two attached hydrogens (primary N) is 1. The Kier molecular flexibility index (Phi) is 5.23. The zero-order valence-corrected chi connectivity index (χ0v) is 16.7. The molecule has 0 bridgehead atoms. The average Bonchev–Trinajstić information content (AvgIpc) is 3.21. The molecule has 0 unspecified atom stereocenters. The van der Waals surface area contributed by atoms with E-state index in [0.29, 0.717) is 46.7 Å². The van der Waals surface area contributed by atoms with E-state index in [-0.39, 0.29) is 17.4 Å². The number of fused-ring (bicyclic) bond motifs is 1. The van der Waals surface area contributed by atoms with Gasteiger partial charge in [0.05, 0.1) is 22.5 Å². The van der Waals surface area contributed by atoms with E-state index in [4.69, 9.17) is 5.73 Å². The number of aryl methyl sites for hydroxylation is 1. The topological polar surface area (TPSA) is 102 Å². The Hall–Kier alpha value is -2.94. The Morgan fingerprint density at radius 3 is 2.93 bits per heavy atom. The number of pyridine rings is 1. The molecular weight excluding hydrogens is 393 g/mol.